The number of likely N-dealkylation sites (tertiary alicyclic amines) is 1. The third kappa shape index (κ3) is 5.04. The summed E-state index contributed by atoms with van der Waals surface area (Å²) in [5.41, 5.74) is 7.24. The zero-order valence-electron chi connectivity index (χ0n) is 21.3. The van der Waals surface area contributed by atoms with Crippen LogP contribution in [0.4, 0.5) is 10.2 Å². The average Bonchev–Trinajstić information content (AvgIpc) is 3.50. The number of nitrogens with one attached hydrogen (secondary N) is 1. The van der Waals surface area contributed by atoms with Gasteiger partial charge in [-0.15, -0.1) is 0 Å². The van der Waals surface area contributed by atoms with Crippen molar-refractivity contribution in [2.75, 3.05) is 18.4 Å². The van der Waals surface area contributed by atoms with Gasteiger partial charge in [-0.3, -0.25) is 23.9 Å². The Morgan fingerprint density at radius 1 is 1.24 bits per heavy atom. The van der Waals surface area contributed by atoms with Gasteiger partial charge in [0.05, 0.1) is 18.2 Å². The maximum absolute atomic E-state index is 15.9. The van der Waals surface area contributed by atoms with Crippen molar-refractivity contribution in [1.29, 1.82) is 5.26 Å². The van der Waals surface area contributed by atoms with E-state index in [1.165, 1.54) is 10.9 Å². The number of amides is 2. The van der Waals surface area contributed by atoms with E-state index in [2.05, 4.69) is 21.6 Å². The number of piperidine rings is 1. The number of nitrogens with zero attached hydrogens (tertiary/aromatic N) is 6. The van der Waals surface area contributed by atoms with Gasteiger partial charge in [0.25, 0.3) is 5.91 Å². The van der Waals surface area contributed by atoms with Crippen molar-refractivity contribution in [2.24, 2.45) is 11.7 Å². The highest BCUT2D eigenvalue weighted by Gasteiger charge is 2.47. The van der Waals surface area contributed by atoms with E-state index in [0.717, 1.165) is 36.2 Å². The number of carbonyl (C=O) groups is 2. The molecule has 2 amide bonds. The van der Waals surface area contributed by atoms with Crippen LogP contribution in [0.1, 0.15) is 48.5 Å². The molecule has 1 aliphatic carbocycles. The predicted molar refractivity (Wildman–Crippen MR) is 138 cm³/mol. The van der Waals surface area contributed by atoms with Gasteiger partial charge in [-0.1, -0.05) is 24.3 Å². The fraction of sp³-hybridized carbons (Fsp3) is 0.444. The second kappa shape index (κ2) is 10.4. The monoisotopic (exact) mass is 518 g/mol. The van der Waals surface area contributed by atoms with Crippen molar-refractivity contribution in [2.45, 2.75) is 57.4 Å². The number of carbonyl (C=O) groups excluding carboxylic acids is 2. The summed E-state index contributed by atoms with van der Waals surface area (Å²) in [5.74, 6) is -1.09. The maximum Gasteiger partial charge on any atom is 0.254 e. The molecule has 38 heavy (non-hydrogen) atoms. The van der Waals surface area contributed by atoms with Crippen LogP contribution < -0.4 is 11.1 Å². The number of rotatable bonds is 9. The van der Waals surface area contributed by atoms with Gasteiger partial charge in [0, 0.05) is 50.1 Å². The number of nitriles is 1. The molecule has 1 saturated heterocycles. The molecule has 2 aromatic heterocycles. The number of benzene rings is 1. The topological polar surface area (TPSA) is 135 Å². The van der Waals surface area contributed by atoms with Crippen LogP contribution in [0.5, 0.6) is 0 Å². The number of nitrogens with two attached hydrogens (primary N) is 1. The van der Waals surface area contributed by atoms with Crippen LogP contribution in [-0.2, 0) is 23.4 Å². The third-order valence-corrected chi connectivity index (χ3v) is 7.49. The Kier molecular flexibility index (Phi) is 6.99. The number of primary amides is 1. The first-order valence-electron chi connectivity index (χ1n) is 12.9. The SMILES string of the molecule is CCn1ccc(-c2ccc(CN3CCC(CC#N)(n4cc(C(N)=O)c(NC(=O)C5CC5)n4)C(F)C3)cc2)n1. The molecule has 0 radical (unpaired) electrons. The van der Waals surface area contributed by atoms with Gasteiger partial charge in [-0.25, -0.2) is 4.39 Å². The molecule has 10 nitrogen and oxygen atoms in total. The number of anilines is 1. The summed E-state index contributed by atoms with van der Waals surface area (Å²) < 4.78 is 19.1. The molecule has 3 heterocycles. The standard InChI is InChI=1S/C27H31FN8O2/c1-2-35-13-9-22(32-35)19-5-3-18(4-6-19)15-34-14-11-27(10-12-29,23(28)17-34)36-16-21(24(30)37)25(33-36)31-26(38)20-7-8-20/h3-6,9,13,16,20,23H,2,7-8,10-11,14-15,17H2,1H3,(H2,30,37)(H,31,33,38). The second-order valence-corrected chi connectivity index (χ2v) is 10.1. The lowest BCUT2D eigenvalue weighted by Gasteiger charge is -2.43. The minimum Gasteiger partial charge on any atom is -0.365 e. The van der Waals surface area contributed by atoms with Crippen molar-refractivity contribution in [3.05, 3.63) is 53.9 Å². The molecule has 1 aromatic carbocycles. The molecule has 2 unspecified atom stereocenters. The Hall–Kier alpha value is -4.04. The molecular weight excluding hydrogens is 487 g/mol. The molecule has 3 N–H and O–H groups in total. The summed E-state index contributed by atoms with van der Waals surface area (Å²) in [5, 5.41) is 21.1. The van der Waals surface area contributed by atoms with E-state index in [-0.39, 0.29) is 36.2 Å². The molecule has 3 aromatic rings. The first kappa shape index (κ1) is 25.6. The quantitative estimate of drug-likeness (QED) is 0.447. The zero-order chi connectivity index (χ0) is 26.9. The molecule has 198 valence electrons. The number of hydrogen-bond donors (Lipinski definition) is 2. The Morgan fingerprint density at radius 3 is 2.61 bits per heavy atom. The Morgan fingerprint density at radius 2 is 2.00 bits per heavy atom. The Balaban J connectivity index is 1.31. The van der Waals surface area contributed by atoms with Gasteiger partial charge in [0.15, 0.2) is 5.82 Å². The lowest BCUT2D eigenvalue weighted by Crippen LogP contribution is -2.54. The molecule has 0 spiro atoms. The van der Waals surface area contributed by atoms with Crippen LogP contribution in [0.25, 0.3) is 11.3 Å². The van der Waals surface area contributed by atoms with Crippen molar-refractivity contribution >= 4 is 17.6 Å². The van der Waals surface area contributed by atoms with Crippen LogP contribution in [0.3, 0.4) is 0 Å². The van der Waals surface area contributed by atoms with Gasteiger partial charge >= 0.3 is 0 Å². The molecule has 2 atom stereocenters. The largest absolute Gasteiger partial charge is 0.365 e. The van der Waals surface area contributed by atoms with Crippen LogP contribution in [-0.4, -0.2) is 55.5 Å². The summed E-state index contributed by atoms with van der Waals surface area (Å²) in [4.78, 5) is 26.4. The lowest BCUT2D eigenvalue weighted by molar-refractivity contribution is -0.117. The molecular formula is C27H31FN8O2. The van der Waals surface area contributed by atoms with Crippen molar-refractivity contribution < 1.29 is 14.0 Å². The molecule has 1 aliphatic heterocycles. The third-order valence-electron chi connectivity index (χ3n) is 7.49. The minimum absolute atomic E-state index is 0.00908. The Bertz CT molecular complexity index is 1370. The minimum atomic E-state index is -1.43. The van der Waals surface area contributed by atoms with Crippen molar-refractivity contribution in [3.8, 4) is 17.3 Å². The summed E-state index contributed by atoms with van der Waals surface area (Å²) in [6, 6.07) is 12.1. The summed E-state index contributed by atoms with van der Waals surface area (Å²) in [6.07, 6.45) is 3.63. The average molecular weight is 519 g/mol. The molecule has 1 saturated carbocycles. The molecule has 5 rings (SSSR count). The summed E-state index contributed by atoms with van der Waals surface area (Å²) in [6.45, 7) is 4.03. The molecule has 11 heteroatoms. The van der Waals surface area contributed by atoms with Crippen LogP contribution in [0, 0.1) is 17.2 Å². The van der Waals surface area contributed by atoms with Gasteiger partial charge in [-0.05, 0) is 37.8 Å². The van der Waals surface area contributed by atoms with Gasteiger partial charge < -0.3 is 11.1 Å². The number of aryl methyl sites for hydroxylation is 1. The highest BCUT2D eigenvalue weighted by molar-refractivity contribution is 6.02. The Labute approximate surface area is 220 Å². The van der Waals surface area contributed by atoms with E-state index < -0.39 is 17.6 Å². The highest BCUT2D eigenvalue weighted by atomic mass is 19.1. The van der Waals surface area contributed by atoms with Crippen molar-refractivity contribution in [1.82, 2.24) is 24.5 Å². The van der Waals surface area contributed by atoms with Gasteiger partial charge in [0.1, 0.15) is 17.3 Å². The van der Waals surface area contributed by atoms with E-state index in [0.29, 0.717) is 19.5 Å². The summed E-state index contributed by atoms with van der Waals surface area (Å²) in [7, 11) is 0. The second-order valence-electron chi connectivity index (χ2n) is 10.1. The number of hydrogen-bond acceptors (Lipinski definition) is 6. The summed E-state index contributed by atoms with van der Waals surface area (Å²) >= 11 is 0. The smallest absolute Gasteiger partial charge is 0.254 e. The lowest BCUT2D eigenvalue weighted by atomic mass is 9.83. The number of alkyl halides is 1. The zero-order valence-corrected chi connectivity index (χ0v) is 21.3. The fourth-order valence-electron chi connectivity index (χ4n) is 4.98. The predicted octanol–water partition coefficient (Wildman–Crippen LogP) is 3.07. The first-order chi connectivity index (χ1) is 18.3. The number of halogens is 1. The van der Waals surface area contributed by atoms with Gasteiger partial charge in [-0.2, -0.15) is 15.5 Å². The fourth-order valence-corrected chi connectivity index (χ4v) is 4.98. The molecule has 0 bridgehead atoms. The first-order valence-corrected chi connectivity index (χ1v) is 12.9. The molecule has 2 aliphatic rings. The van der Waals surface area contributed by atoms with Crippen LogP contribution >= 0.6 is 0 Å². The van der Waals surface area contributed by atoms with Crippen molar-refractivity contribution in [3.63, 3.8) is 0 Å². The van der Waals surface area contributed by atoms with E-state index in [9.17, 15) is 14.9 Å². The van der Waals surface area contributed by atoms with E-state index in [1.807, 2.05) is 53.0 Å². The highest BCUT2D eigenvalue weighted by Crippen LogP contribution is 2.38. The number of aromatic nitrogens is 4. The van der Waals surface area contributed by atoms with Crippen LogP contribution in [0.15, 0.2) is 42.7 Å². The van der Waals surface area contributed by atoms with Gasteiger partial charge in [0.2, 0.25) is 5.91 Å². The normalized spacial score (nSPS) is 21.7. The molecule has 2 fully saturated rings. The van der Waals surface area contributed by atoms with E-state index in [1.54, 1.807) is 0 Å². The maximum atomic E-state index is 15.9. The van der Waals surface area contributed by atoms with E-state index >= 15 is 4.39 Å². The van der Waals surface area contributed by atoms with E-state index in [4.69, 9.17) is 5.73 Å². The van der Waals surface area contributed by atoms with Crippen LogP contribution in [0.2, 0.25) is 0 Å².